The van der Waals surface area contributed by atoms with Crippen molar-refractivity contribution in [3.63, 3.8) is 0 Å². The first-order valence-corrected chi connectivity index (χ1v) is 4.31. The molecule has 3 rings (SSSR count). The molecule has 0 spiro atoms. The maximum atomic E-state index is 2.52. The SMILES string of the molecule is CC12CC1CCC1CC12. The third-order valence-corrected chi connectivity index (χ3v) is 4.11. The van der Waals surface area contributed by atoms with E-state index in [-0.39, 0.29) is 0 Å². The first-order chi connectivity index (χ1) is 4.31. The van der Waals surface area contributed by atoms with Crippen LogP contribution >= 0.6 is 0 Å². The molecule has 3 saturated carbocycles. The Hall–Kier alpha value is 0. The zero-order valence-corrected chi connectivity index (χ0v) is 6.06. The van der Waals surface area contributed by atoms with E-state index < -0.39 is 0 Å². The van der Waals surface area contributed by atoms with E-state index in [1.54, 1.807) is 25.7 Å². The summed E-state index contributed by atoms with van der Waals surface area (Å²) in [5.74, 6) is 3.55. The van der Waals surface area contributed by atoms with Crippen LogP contribution in [-0.2, 0) is 0 Å². The van der Waals surface area contributed by atoms with Crippen LogP contribution in [0.25, 0.3) is 0 Å². The van der Waals surface area contributed by atoms with E-state index in [0.29, 0.717) is 0 Å². The van der Waals surface area contributed by atoms with Crippen LogP contribution in [0.1, 0.15) is 32.6 Å². The van der Waals surface area contributed by atoms with Gasteiger partial charge >= 0.3 is 0 Å². The Morgan fingerprint density at radius 2 is 2.22 bits per heavy atom. The molecule has 0 aromatic rings. The van der Waals surface area contributed by atoms with Crippen molar-refractivity contribution in [3.8, 4) is 0 Å². The predicted molar refractivity (Wildman–Crippen MR) is 37.0 cm³/mol. The second kappa shape index (κ2) is 1.09. The maximum Gasteiger partial charge on any atom is -0.0263 e. The molecule has 3 aliphatic carbocycles. The van der Waals surface area contributed by atoms with Gasteiger partial charge in [0.1, 0.15) is 0 Å². The second-order valence-electron chi connectivity index (χ2n) is 4.59. The minimum atomic E-state index is 0.878. The molecule has 3 aliphatic rings. The van der Waals surface area contributed by atoms with E-state index in [0.717, 1.165) is 5.41 Å². The van der Waals surface area contributed by atoms with Gasteiger partial charge in [0, 0.05) is 0 Å². The Morgan fingerprint density at radius 1 is 1.33 bits per heavy atom. The van der Waals surface area contributed by atoms with Gasteiger partial charge in [-0.2, -0.15) is 0 Å². The summed E-state index contributed by atoms with van der Waals surface area (Å²) in [5.41, 5.74) is 0.878. The van der Waals surface area contributed by atoms with E-state index in [9.17, 15) is 0 Å². The Labute approximate surface area is 56.6 Å². The van der Waals surface area contributed by atoms with Crippen LogP contribution in [0.3, 0.4) is 0 Å². The van der Waals surface area contributed by atoms with E-state index in [2.05, 4.69) is 6.92 Å². The second-order valence-corrected chi connectivity index (χ2v) is 4.59. The molecule has 0 bridgehead atoms. The van der Waals surface area contributed by atoms with Crippen molar-refractivity contribution in [3.05, 3.63) is 0 Å². The third-order valence-electron chi connectivity index (χ3n) is 4.11. The maximum absolute atomic E-state index is 2.52. The summed E-state index contributed by atoms with van der Waals surface area (Å²) < 4.78 is 0. The molecule has 0 aromatic carbocycles. The smallest absolute Gasteiger partial charge is 0.0263 e. The minimum Gasteiger partial charge on any atom is -0.0591 e. The number of hydrogen-bond donors (Lipinski definition) is 0. The topological polar surface area (TPSA) is 0 Å². The van der Waals surface area contributed by atoms with E-state index in [1.165, 1.54) is 17.8 Å². The fourth-order valence-electron chi connectivity index (χ4n) is 3.15. The largest absolute Gasteiger partial charge is 0.0591 e. The zero-order chi connectivity index (χ0) is 6.06. The monoisotopic (exact) mass is 122 g/mol. The van der Waals surface area contributed by atoms with Gasteiger partial charge in [0.2, 0.25) is 0 Å². The average molecular weight is 122 g/mol. The average Bonchev–Trinajstić information content (AvgIpc) is 2.52. The molecule has 0 aliphatic heterocycles. The highest BCUT2D eigenvalue weighted by Gasteiger charge is 2.65. The van der Waals surface area contributed by atoms with Crippen LogP contribution in [0.4, 0.5) is 0 Å². The fraction of sp³-hybridized carbons (Fsp3) is 1.00. The van der Waals surface area contributed by atoms with Gasteiger partial charge in [-0.3, -0.25) is 0 Å². The molecule has 0 amide bonds. The lowest BCUT2D eigenvalue weighted by Crippen LogP contribution is -2.07. The third kappa shape index (κ3) is 0.426. The molecule has 0 aromatic heterocycles. The molecule has 3 fully saturated rings. The molecule has 0 N–H and O–H groups in total. The Kier molecular flexibility index (Phi) is 0.574. The summed E-state index contributed by atoms with van der Waals surface area (Å²) >= 11 is 0. The molecule has 9 heavy (non-hydrogen) atoms. The summed E-state index contributed by atoms with van der Waals surface area (Å²) in [7, 11) is 0. The predicted octanol–water partition coefficient (Wildman–Crippen LogP) is 2.44. The van der Waals surface area contributed by atoms with Crippen molar-refractivity contribution in [2.75, 3.05) is 0 Å². The molecule has 0 heteroatoms. The van der Waals surface area contributed by atoms with Crippen molar-refractivity contribution in [2.24, 2.45) is 23.2 Å². The van der Waals surface area contributed by atoms with E-state index in [4.69, 9.17) is 0 Å². The van der Waals surface area contributed by atoms with Crippen molar-refractivity contribution in [2.45, 2.75) is 32.6 Å². The van der Waals surface area contributed by atoms with Crippen molar-refractivity contribution < 1.29 is 0 Å². The van der Waals surface area contributed by atoms with Crippen molar-refractivity contribution >= 4 is 0 Å². The van der Waals surface area contributed by atoms with Gasteiger partial charge in [0.15, 0.2) is 0 Å². The first kappa shape index (κ1) is 4.76. The molecule has 4 unspecified atom stereocenters. The highest BCUT2D eigenvalue weighted by Crippen LogP contribution is 2.73. The van der Waals surface area contributed by atoms with Crippen molar-refractivity contribution in [1.82, 2.24) is 0 Å². The minimum absolute atomic E-state index is 0.878. The van der Waals surface area contributed by atoms with Crippen LogP contribution in [0, 0.1) is 23.2 Å². The van der Waals surface area contributed by atoms with Gasteiger partial charge in [-0.1, -0.05) is 6.92 Å². The van der Waals surface area contributed by atoms with Gasteiger partial charge in [0.25, 0.3) is 0 Å². The normalized spacial score (nSPS) is 68.3. The lowest BCUT2D eigenvalue weighted by molar-refractivity contribution is 0.341. The van der Waals surface area contributed by atoms with E-state index >= 15 is 0 Å². The van der Waals surface area contributed by atoms with Crippen molar-refractivity contribution in [1.29, 1.82) is 0 Å². The van der Waals surface area contributed by atoms with Gasteiger partial charge in [-0.15, -0.1) is 0 Å². The lowest BCUT2D eigenvalue weighted by atomic mass is 9.90. The number of fused-ring (bicyclic) bond motifs is 3. The van der Waals surface area contributed by atoms with Crippen LogP contribution in [0.2, 0.25) is 0 Å². The standard InChI is InChI=1S/C9H14/c1-9-5-7(9)3-2-6-4-8(6)9/h6-8H,2-5H2,1H3. The number of rotatable bonds is 0. The molecular weight excluding hydrogens is 108 g/mol. The molecular formula is C9H14. The summed E-state index contributed by atoms with van der Waals surface area (Å²) in [5, 5.41) is 0. The Balaban J connectivity index is 1.94. The summed E-state index contributed by atoms with van der Waals surface area (Å²) in [6.45, 7) is 2.52. The quantitative estimate of drug-likeness (QED) is 0.463. The molecule has 0 heterocycles. The Morgan fingerprint density at radius 3 is 3.00 bits per heavy atom. The van der Waals surface area contributed by atoms with Gasteiger partial charge in [0.05, 0.1) is 0 Å². The zero-order valence-electron chi connectivity index (χ0n) is 6.06. The molecule has 50 valence electrons. The fourth-order valence-corrected chi connectivity index (χ4v) is 3.15. The highest BCUT2D eigenvalue weighted by atomic mass is 14.7. The summed E-state index contributed by atoms with van der Waals surface area (Å²) in [6, 6.07) is 0. The van der Waals surface area contributed by atoms with Gasteiger partial charge in [-0.05, 0) is 48.9 Å². The summed E-state index contributed by atoms with van der Waals surface area (Å²) in [6.07, 6.45) is 6.31. The highest BCUT2D eigenvalue weighted by molar-refractivity contribution is 5.14. The molecule has 4 atom stereocenters. The van der Waals surface area contributed by atoms with Gasteiger partial charge < -0.3 is 0 Å². The lowest BCUT2D eigenvalue weighted by Gasteiger charge is -2.15. The van der Waals surface area contributed by atoms with Crippen LogP contribution < -0.4 is 0 Å². The van der Waals surface area contributed by atoms with Crippen LogP contribution in [-0.4, -0.2) is 0 Å². The molecule has 0 radical (unpaired) electrons. The Bertz CT molecular complexity index is 159. The van der Waals surface area contributed by atoms with E-state index in [1.807, 2.05) is 0 Å². The first-order valence-electron chi connectivity index (χ1n) is 4.31. The van der Waals surface area contributed by atoms with Crippen LogP contribution in [0.5, 0.6) is 0 Å². The molecule has 0 nitrogen and oxygen atoms in total. The molecule has 0 saturated heterocycles. The summed E-state index contributed by atoms with van der Waals surface area (Å²) in [4.78, 5) is 0. The van der Waals surface area contributed by atoms with Crippen LogP contribution in [0.15, 0.2) is 0 Å². The number of hydrogen-bond acceptors (Lipinski definition) is 0. The van der Waals surface area contributed by atoms with Gasteiger partial charge in [-0.25, -0.2) is 0 Å².